The number of piperazine rings is 1. The number of benzene rings is 1. The predicted octanol–water partition coefficient (Wildman–Crippen LogP) is 1.51. The van der Waals surface area contributed by atoms with Crippen molar-refractivity contribution in [2.75, 3.05) is 13.1 Å². The Morgan fingerprint density at radius 2 is 2.10 bits per heavy atom. The molecule has 0 bridgehead atoms. The fraction of sp³-hybridized carbons (Fsp3) is 0.565. The van der Waals surface area contributed by atoms with E-state index in [4.69, 9.17) is 0 Å². The van der Waals surface area contributed by atoms with Gasteiger partial charge in [-0.05, 0) is 38.3 Å². The Kier molecular flexibility index (Phi) is 6.11. The fourth-order valence-corrected chi connectivity index (χ4v) is 4.90. The summed E-state index contributed by atoms with van der Waals surface area (Å²) in [5, 5.41) is 11.0. The number of nitrogens with one attached hydrogen (secondary N) is 3. The van der Waals surface area contributed by atoms with Gasteiger partial charge in [0.05, 0.1) is 6.04 Å². The lowest BCUT2D eigenvalue weighted by Gasteiger charge is -2.37. The van der Waals surface area contributed by atoms with E-state index in [0.29, 0.717) is 13.0 Å². The maximum absolute atomic E-state index is 12.4. The molecule has 2 aliphatic heterocycles. The number of fused-ring (bicyclic) bond motifs is 2. The Morgan fingerprint density at radius 1 is 1.30 bits per heavy atom. The topological polar surface area (TPSA) is 78.4 Å². The van der Waals surface area contributed by atoms with Gasteiger partial charge in [-0.15, -0.1) is 0 Å². The lowest BCUT2D eigenvalue weighted by atomic mass is 10.0. The van der Waals surface area contributed by atoms with E-state index in [0.717, 1.165) is 25.9 Å². The summed E-state index contributed by atoms with van der Waals surface area (Å²) in [5.41, 5.74) is 2.52. The van der Waals surface area contributed by atoms with Crippen molar-refractivity contribution < 1.29 is 9.59 Å². The van der Waals surface area contributed by atoms with Crippen molar-refractivity contribution in [2.24, 2.45) is 7.05 Å². The SMILES string of the molecule is CC(C)NC(=O)CCC1CNC(=O)C2CC(NCc3cn(C)c4ccccc34)CN12. The van der Waals surface area contributed by atoms with E-state index in [1.807, 2.05) is 13.8 Å². The van der Waals surface area contributed by atoms with Crippen molar-refractivity contribution in [1.82, 2.24) is 25.4 Å². The third-order valence-electron chi connectivity index (χ3n) is 6.34. The second kappa shape index (κ2) is 8.78. The minimum atomic E-state index is -0.0954. The molecule has 7 nitrogen and oxygen atoms in total. The van der Waals surface area contributed by atoms with E-state index in [-0.39, 0.29) is 36.0 Å². The average molecular weight is 412 g/mol. The van der Waals surface area contributed by atoms with Crippen LogP contribution in [0.2, 0.25) is 0 Å². The molecule has 2 aliphatic rings. The molecule has 7 heteroatoms. The number of hydrogen-bond acceptors (Lipinski definition) is 4. The van der Waals surface area contributed by atoms with Crippen LogP contribution in [0.1, 0.15) is 38.7 Å². The Morgan fingerprint density at radius 3 is 2.90 bits per heavy atom. The summed E-state index contributed by atoms with van der Waals surface area (Å²) in [6.45, 7) is 6.21. The molecule has 3 N–H and O–H groups in total. The zero-order valence-corrected chi connectivity index (χ0v) is 18.1. The van der Waals surface area contributed by atoms with Gasteiger partial charge in [-0.1, -0.05) is 18.2 Å². The first kappa shape index (κ1) is 20.9. The first-order valence-electron chi connectivity index (χ1n) is 11.0. The van der Waals surface area contributed by atoms with Gasteiger partial charge >= 0.3 is 0 Å². The monoisotopic (exact) mass is 411 g/mol. The molecule has 0 radical (unpaired) electrons. The van der Waals surface area contributed by atoms with E-state index < -0.39 is 0 Å². The number of aryl methyl sites for hydroxylation is 1. The van der Waals surface area contributed by atoms with Gasteiger partial charge in [0.25, 0.3) is 0 Å². The van der Waals surface area contributed by atoms with Crippen LogP contribution in [-0.4, -0.2) is 58.5 Å². The maximum Gasteiger partial charge on any atom is 0.237 e. The van der Waals surface area contributed by atoms with Crippen LogP contribution in [0.4, 0.5) is 0 Å². The second-order valence-corrected chi connectivity index (χ2v) is 8.97. The Hall–Kier alpha value is -2.38. The quantitative estimate of drug-likeness (QED) is 0.646. The smallest absolute Gasteiger partial charge is 0.237 e. The van der Waals surface area contributed by atoms with E-state index >= 15 is 0 Å². The number of rotatable bonds is 7. The van der Waals surface area contributed by atoms with E-state index in [1.54, 1.807) is 0 Å². The molecule has 0 saturated carbocycles. The van der Waals surface area contributed by atoms with Crippen molar-refractivity contribution in [3.63, 3.8) is 0 Å². The molecule has 2 amide bonds. The zero-order chi connectivity index (χ0) is 21.3. The van der Waals surface area contributed by atoms with Gasteiger partial charge in [0.2, 0.25) is 11.8 Å². The molecular weight excluding hydrogens is 378 g/mol. The number of carbonyl (C=O) groups excluding carboxylic acids is 2. The van der Waals surface area contributed by atoms with Crippen LogP contribution in [0.5, 0.6) is 0 Å². The summed E-state index contributed by atoms with van der Waals surface area (Å²) >= 11 is 0. The first-order chi connectivity index (χ1) is 14.4. The van der Waals surface area contributed by atoms with Gasteiger partial charge in [0, 0.05) is 68.3 Å². The lowest BCUT2D eigenvalue weighted by Crippen LogP contribution is -2.58. The minimum absolute atomic E-state index is 0.0864. The summed E-state index contributed by atoms with van der Waals surface area (Å²) in [5.74, 6) is 0.204. The number of carbonyl (C=O) groups is 2. The van der Waals surface area contributed by atoms with Crippen LogP contribution in [0.25, 0.3) is 10.9 Å². The Balaban J connectivity index is 1.36. The summed E-state index contributed by atoms with van der Waals surface area (Å²) in [6, 6.07) is 8.99. The number of aromatic nitrogens is 1. The minimum Gasteiger partial charge on any atom is -0.354 e. The Labute approximate surface area is 178 Å². The molecule has 0 aliphatic carbocycles. The molecule has 2 fully saturated rings. The molecular formula is C23H33N5O2. The first-order valence-corrected chi connectivity index (χ1v) is 11.0. The van der Waals surface area contributed by atoms with Gasteiger partial charge in [0.1, 0.15) is 0 Å². The van der Waals surface area contributed by atoms with Crippen LogP contribution in [0.15, 0.2) is 30.5 Å². The molecule has 30 heavy (non-hydrogen) atoms. The van der Waals surface area contributed by atoms with E-state index in [2.05, 4.69) is 62.9 Å². The molecule has 1 aromatic heterocycles. The summed E-state index contributed by atoms with van der Waals surface area (Å²) < 4.78 is 2.16. The third-order valence-corrected chi connectivity index (χ3v) is 6.34. The largest absolute Gasteiger partial charge is 0.354 e. The van der Waals surface area contributed by atoms with Crippen LogP contribution < -0.4 is 16.0 Å². The molecule has 2 saturated heterocycles. The van der Waals surface area contributed by atoms with Gasteiger partial charge in [-0.25, -0.2) is 0 Å². The van der Waals surface area contributed by atoms with Crippen molar-refractivity contribution in [3.05, 3.63) is 36.0 Å². The fourth-order valence-electron chi connectivity index (χ4n) is 4.90. The molecule has 4 rings (SSSR count). The molecule has 162 valence electrons. The highest BCUT2D eigenvalue weighted by Gasteiger charge is 2.43. The van der Waals surface area contributed by atoms with Crippen LogP contribution >= 0.6 is 0 Å². The van der Waals surface area contributed by atoms with Gasteiger partial charge in [-0.3, -0.25) is 14.5 Å². The molecule has 2 aromatic rings. The van der Waals surface area contributed by atoms with Crippen molar-refractivity contribution in [1.29, 1.82) is 0 Å². The number of amides is 2. The summed E-state index contributed by atoms with van der Waals surface area (Å²) in [4.78, 5) is 26.8. The van der Waals surface area contributed by atoms with Crippen LogP contribution in [0, 0.1) is 0 Å². The molecule has 3 unspecified atom stereocenters. The van der Waals surface area contributed by atoms with Gasteiger partial charge in [-0.2, -0.15) is 0 Å². The van der Waals surface area contributed by atoms with Crippen molar-refractivity contribution in [2.45, 2.75) is 63.8 Å². The van der Waals surface area contributed by atoms with Crippen molar-refractivity contribution >= 4 is 22.7 Å². The molecule has 3 heterocycles. The lowest BCUT2D eigenvalue weighted by molar-refractivity contribution is -0.129. The Bertz CT molecular complexity index is 921. The van der Waals surface area contributed by atoms with E-state index in [9.17, 15) is 9.59 Å². The van der Waals surface area contributed by atoms with Crippen LogP contribution in [-0.2, 0) is 23.2 Å². The van der Waals surface area contributed by atoms with Crippen LogP contribution in [0.3, 0.4) is 0 Å². The highest BCUT2D eigenvalue weighted by molar-refractivity contribution is 5.84. The second-order valence-electron chi connectivity index (χ2n) is 8.97. The highest BCUT2D eigenvalue weighted by Crippen LogP contribution is 2.27. The molecule has 1 aromatic carbocycles. The highest BCUT2D eigenvalue weighted by atomic mass is 16.2. The number of hydrogen-bond donors (Lipinski definition) is 3. The summed E-state index contributed by atoms with van der Waals surface area (Å²) in [6.07, 6.45) is 4.26. The average Bonchev–Trinajstić information content (AvgIpc) is 3.28. The normalized spacial score (nSPS) is 24.3. The van der Waals surface area contributed by atoms with Crippen molar-refractivity contribution in [3.8, 4) is 0 Å². The van der Waals surface area contributed by atoms with Gasteiger partial charge < -0.3 is 20.5 Å². The number of para-hydroxylation sites is 1. The predicted molar refractivity (Wildman–Crippen MR) is 118 cm³/mol. The number of nitrogens with zero attached hydrogens (tertiary/aromatic N) is 2. The van der Waals surface area contributed by atoms with Gasteiger partial charge in [0.15, 0.2) is 0 Å². The zero-order valence-electron chi connectivity index (χ0n) is 18.1. The summed E-state index contributed by atoms with van der Waals surface area (Å²) in [7, 11) is 2.08. The van der Waals surface area contributed by atoms with E-state index in [1.165, 1.54) is 16.5 Å². The maximum atomic E-state index is 12.4. The third kappa shape index (κ3) is 4.37. The standard InChI is InChI=1S/C23H33N5O2/c1-15(2)26-22(29)9-8-18-12-25-23(30)21-10-17(14-28(18)21)24-11-16-13-27(3)20-7-5-4-6-19(16)20/h4-7,13,15,17-18,21,24H,8-12,14H2,1-3H3,(H,25,30)(H,26,29). The molecule has 0 spiro atoms. The molecule has 3 atom stereocenters.